The van der Waals surface area contributed by atoms with Gasteiger partial charge < -0.3 is 14.8 Å². The molecule has 0 amide bonds. The average Bonchev–Trinajstić information content (AvgIpc) is 3.37. The number of benzene rings is 2. The van der Waals surface area contributed by atoms with Crippen LogP contribution in [0.3, 0.4) is 0 Å². The SMILES string of the molecule is Cc1cc(N2C(=S)N[C@H](c3ccccn3)[C@@H]2c2cc(C)n(-c3cccc(Cl)c3Cl)c2C)ccc1NS(C)(=O)=O. The quantitative estimate of drug-likeness (QED) is 0.241. The Hall–Kier alpha value is -3.11. The van der Waals surface area contributed by atoms with E-state index < -0.39 is 10.0 Å². The van der Waals surface area contributed by atoms with E-state index in [2.05, 4.69) is 37.5 Å². The predicted molar refractivity (Wildman–Crippen MR) is 163 cm³/mol. The minimum atomic E-state index is -3.41. The highest BCUT2D eigenvalue weighted by atomic mass is 35.5. The largest absolute Gasteiger partial charge is 0.351 e. The molecule has 0 aliphatic carbocycles. The summed E-state index contributed by atoms with van der Waals surface area (Å²) in [6.07, 6.45) is 2.90. The maximum absolute atomic E-state index is 11.8. The number of anilines is 2. The third-order valence-corrected chi connectivity index (χ3v) is 8.56. The van der Waals surface area contributed by atoms with Crippen LogP contribution < -0.4 is 14.9 Å². The Balaban J connectivity index is 1.67. The summed E-state index contributed by atoms with van der Waals surface area (Å²) < 4.78 is 28.3. The zero-order valence-electron chi connectivity index (χ0n) is 21.7. The first-order valence-corrected chi connectivity index (χ1v) is 15.2. The molecule has 0 saturated carbocycles. The van der Waals surface area contributed by atoms with Crippen LogP contribution in [-0.2, 0) is 10.0 Å². The topological polar surface area (TPSA) is 79.3 Å². The Labute approximate surface area is 243 Å². The third-order valence-electron chi connectivity index (χ3n) is 6.84. The molecule has 5 rings (SSSR count). The second-order valence-electron chi connectivity index (χ2n) is 9.60. The molecular weight excluding hydrogens is 573 g/mol. The van der Waals surface area contributed by atoms with Gasteiger partial charge in [-0.1, -0.05) is 35.3 Å². The minimum Gasteiger partial charge on any atom is -0.351 e. The number of halogens is 2. The van der Waals surface area contributed by atoms with Gasteiger partial charge in [-0.05, 0) is 92.6 Å². The van der Waals surface area contributed by atoms with Crippen molar-refractivity contribution < 1.29 is 8.42 Å². The van der Waals surface area contributed by atoms with Gasteiger partial charge in [-0.15, -0.1) is 0 Å². The first kappa shape index (κ1) is 27.5. The summed E-state index contributed by atoms with van der Waals surface area (Å²) in [5.41, 5.74) is 6.81. The molecule has 1 aliphatic rings. The predicted octanol–water partition coefficient (Wildman–Crippen LogP) is 6.65. The lowest BCUT2D eigenvalue weighted by Crippen LogP contribution is -2.29. The van der Waals surface area contributed by atoms with Gasteiger partial charge in [0.1, 0.15) is 0 Å². The standard InChI is InChI=1S/C28H27Cl2N5O2S2/c1-16-14-19(11-12-22(16)33-39(4,36)37)35-27(26(32-28(35)38)23-9-5-6-13-31-23)20-15-17(2)34(18(20)3)24-10-7-8-21(29)25(24)30/h5-15,26-27,33H,1-4H3,(H,32,38)/t26-,27+/m1/s1. The van der Waals surface area contributed by atoms with E-state index in [1.807, 2.05) is 56.3 Å². The summed E-state index contributed by atoms with van der Waals surface area (Å²) in [5, 5.41) is 4.99. The molecule has 2 N–H and O–H groups in total. The number of thiocarbonyl (C=S) groups is 1. The van der Waals surface area contributed by atoms with Crippen molar-refractivity contribution in [3.05, 3.63) is 105 Å². The van der Waals surface area contributed by atoms with Gasteiger partial charge >= 0.3 is 0 Å². The molecule has 1 fully saturated rings. The van der Waals surface area contributed by atoms with Gasteiger partial charge in [-0.2, -0.15) is 0 Å². The number of sulfonamides is 1. The lowest BCUT2D eigenvalue weighted by atomic mass is 9.96. The smallest absolute Gasteiger partial charge is 0.229 e. The highest BCUT2D eigenvalue weighted by Gasteiger charge is 2.42. The van der Waals surface area contributed by atoms with E-state index in [9.17, 15) is 8.42 Å². The molecule has 2 atom stereocenters. The van der Waals surface area contributed by atoms with E-state index in [4.69, 9.17) is 35.4 Å². The molecule has 2 aromatic carbocycles. The van der Waals surface area contributed by atoms with Gasteiger partial charge in [0.2, 0.25) is 10.0 Å². The van der Waals surface area contributed by atoms with E-state index in [0.717, 1.165) is 45.8 Å². The van der Waals surface area contributed by atoms with Crippen molar-refractivity contribution in [2.45, 2.75) is 32.9 Å². The van der Waals surface area contributed by atoms with Gasteiger partial charge in [0.05, 0.1) is 45.5 Å². The summed E-state index contributed by atoms with van der Waals surface area (Å²) in [4.78, 5) is 6.71. The summed E-state index contributed by atoms with van der Waals surface area (Å²) in [5.74, 6) is 0. The summed E-state index contributed by atoms with van der Waals surface area (Å²) in [6, 6.07) is 18.6. The van der Waals surface area contributed by atoms with Crippen LogP contribution in [0.25, 0.3) is 5.69 Å². The minimum absolute atomic E-state index is 0.239. The van der Waals surface area contributed by atoms with Gasteiger partial charge in [0.15, 0.2) is 5.11 Å². The maximum Gasteiger partial charge on any atom is 0.229 e. The second kappa shape index (κ2) is 10.5. The molecule has 202 valence electrons. The van der Waals surface area contributed by atoms with Crippen LogP contribution in [0.4, 0.5) is 11.4 Å². The molecule has 0 spiro atoms. The molecule has 4 aromatic rings. The lowest BCUT2D eigenvalue weighted by molar-refractivity contribution is 0.565. The van der Waals surface area contributed by atoms with Crippen LogP contribution >= 0.6 is 35.4 Å². The first-order chi connectivity index (χ1) is 18.5. The van der Waals surface area contributed by atoms with Crippen molar-refractivity contribution >= 4 is 61.9 Å². The van der Waals surface area contributed by atoms with Crippen molar-refractivity contribution in [3.63, 3.8) is 0 Å². The highest BCUT2D eigenvalue weighted by Crippen LogP contribution is 2.45. The third kappa shape index (κ3) is 5.24. The molecule has 11 heteroatoms. The van der Waals surface area contributed by atoms with Gasteiger partial charge in [0.25, 0.3) is 0 Å². The van der Waals surface area contributed by atoms with Crippen LogP contribution in [0.5, 0.6) is 0 Å². The number of aromatic nitrogens is 2. The molecule has 2 aromatic heterocycles. The number of pyridine rings is 1. The number of hydrogen-bond donors (Lipinski definition) is 2. The van der Waals surface area contributed by atoms with Crippen LogP contribution in [0.15, 0.2) is 66.9 Å². The molecule has 0 bridgehead atoms. The zero-order chi connectivity index (χ0) is 28.1. The summed E-state index contributed by atoms with van der Waals surface area (Å²) >= 11 is 18.9. The Kier molecular flexibility index (Phi) is 7.37. The molecule has 1 saturated heterocycles. The van der Waals surface area contributed by atoms with Gasteiger partial charge in [-0.3, -0.25) is 9.71 Å². The van der Waals surface area contributed by atoms with E-state index >= 15 is 0 Å². The van der Waals surface area contributed by atoms with Gasteiger partial charge in [-0.25, -0.2) is 8.42 Å². The number of rotatable bonds is 6. The zero-order valence-corrected chi connectivity index (χ0v) is 24.9. The number of hydrogen-bond acceptors (Lipinski definition) is 4. The van der Waals surface area contributed by atoms with Gasteiger partial charge in [0, 0.05) is 23.3 Å². The molecule has 0 radical (unpaired) electrons. The van der Waals surface area contributed by atoms with E-state index in [1.165, 1.54) is 0 Å². The van der Waals surface area contributed by atoms with E-state index in [1.54, 1.807) is 18.3 Å². The second-order valence-corrected chi connectivity index (χ2v) is 12.5. The van der Waals surface area contributed by atoms with Crippen LogP contribution in [0, 0.1) is 20.8 Å². The van der Waals surface area contributed by atoms with E-state index in [-0.39, 0.29) is 12.1 Å². The molecular formula is C28H27Cl2N5O2S2. The number of aryl methyl sites for hydroxylation is 2. The number of nitrogens with zero attached hydrogens (tertiary/aromatic N) is 3. The molecule has 0 unspecified atom stereocenters. The Morgan fingerprint density at radius 1 is 1.03 bits per heavy atom. The molecule has 3 heterocycles. The molecule has 1 aliphatic heterocycles. The fraction of sp³-hybridized carbons (Fsp3) is 0.214. The van der Waals surface area contributed by atoms with Crippen molar-refractivity contribution in [1.82, 2.24) is 14.9 Å². The van der Waals surface area contributed by atoms with E-state index in [0.29, 0.717) is 20.8 Å². The number of nitrogens with one attached hydrogen (secondary N) is 2. The average molecular weight is 601 g/mol. The lowest BCUT2D eigenvalue weighted by Gasteiger charge is -2.29. The molecule has 7 nitrogen and oxygen atoms in total. The monoisotopic (exact) mass is 599 g/mol. The Morgan fingerprint density at radius 3 is 2.46 bits per heavy atom. The van der Waals surface area contributed by atoms with Crippen molar-refractivity contribution in [1.29, 1.82) is 0 Å². The van der Waals surface area contributed by atoms with Crippen molar-refractivity contribution in [3.8, 4) is 5.69 Å². The first-order valence-electron chi connectivity index (χ1n) is 12.2. The fourth-order valence-corrected chi connectivity index (χ4v) is 6.54. The van der Waals surface area contributed by atoms with Crippen LogP contribution in [-0.4, -0.2) is 29.3 Å². The van der Waals surface area contributed by atoms with Crippen LogP contribution in [0.2, 0.25) is 10.0 Å². The highest BCUT2D eigenvalue weighted by molar-refractivity contribution is 7.92. The summed E-state index contributed by atoms with van der Waals surface area (Å²) in [6.45, 7) is 5.95. The van der Waals surface area contributed by atoms with Crippen molar-refractivity contribution in [2.75, 3.05) is 15.9 Å². The van der Waals surface area contributed by atoms with Crippen molar-refractivity contribution in [2.24, 2.45) is 0 Å². The Morgan fingerprint density at radius 2 is 1.79 bits per heavy atom. The van der Waals surface area contributed by atoms with Crippen LogP contribution in [0.1, 0.15) is 40.3 Å². The Bertz CT molecular complexity index is 1690. The molecule has 39 heavy (non-hydrogen) atoms. The normalized spacial score (nSPS) is 17.4. The maximum atomic E-state index is 11.8. The summed E-state index contributed by atoms with van der Waals surface area (Å²) in [7, 11) is -3.41. The fourth-order valence-electron chi connectivity index (χ4n) is 5.18.